The first-order valence-corrected chi connectivity index (χ1v) is 8.95. The Bertz CT molecular complexity index is 613. The van der Waals surface area contributed by atoms with E-state index < -0.39 is 11.7 Å². The maximum absolute atomic E-state index is 12.8. The summed E-state index contributed by atoms with van der Waals surface area (Å²) in [6.45, 7) is 5.43. The molecule has 0 bridgehead atoms. The minimum Gasteiger partial charge on any atom is -0.343 e. The molecule has 1 aromatic rings. The van der Waals surface area contributed by atoms with Gasteiger partial charge in [-0.25, -0.2) is 0 Å². The highest BCUT2D eigenvalue weighted by Gasteiger charge is 2.38. The Morgan fingerprint density at radius 3 is 2.60 bits per heavy atom. The molecule has 1 N–H and O–H groups in total. The normalized spacial score (nSPS) is 21.5. The summed E-state index contributed by atoms with van der Waals surface area (Å²) < 4.78 is 38.5. The third-order valence-electron chi connectivity index (χ3n) is 5.77. The van der Waals surface area contributed by atoms with E-state index in [9.17, 15) is 18.0 Å². The predicted octanol–water partition coefficient (Wildman–Crippen LogP) is 3.80. The van der Waals surface area contributed by atoms with Crippen LogP contribution in [-0.4, -0.2) is 37.0 Å². The summed E-state index contributed by atoms with van der Waals surface area (Å²) in [6, 6.07) is 5.31. The summed E-state index contributed by atoms with van der Waals surface area (Å²) >= 11 is 0. The first-order valence-electron chi connectivity index (χ1n) is 8.95. The predicted molar refractivity (Wildman–Crippen MR) is 90.2 cm³/mol. The van der Waals surface area contributed by atoms with E-state index in [1.54, 1.807) is 6.07 Å². The highest BCUT2D eigenvalue weighted by Crippen LogP contribution is 2.37. The second kappa shape index (κ2) is 6.98. The van der Waals surface area contributed by atoms with Crippen LogP contribution in [0.15, 0.2) is 24.3 Å². The fraction of sp³-hybridized carbons (Fsp3) is 0.632. The molecule has 2 fully saturated rings. The molecule has 138 valence electrons. The molecule has 3 rings (SSSR count). The number of likely N-dealkylation sites (tertiary alicyclic amines) is 1. The molecule has 1 amide bonds. The smallest absolute Gasteiger partial charge is 0.343 e. The number of rotatable bonds is 3. The third-order valence-corrected chi connectivity index (χ3v) is 5.77. The lowest BCUT2D eigenvalue weighted by atomic mass is 9.77. The van der Waals surface area contributed by atoms with Crippen molar-refractivity contribution in [3.05, 3.63) is 35.4 Å². The van der Waals surface area contributed by atoms with Gasteiger partial charge in [-0.15, -0.1) is 0 Å². The zero-order valence-electron chi connectivity index (χ0n) is 14.5. The minimum absolute atomic E-state index is 0.0470. The Morgan fingerprint density at radius 1 is 1.28 bits per heavy atom. The van der Waals surface area contributed by atoms with Crippen molar-refractivity contribution in [1.29, 1.82) is 0 Å². The van der Waals surface area contributed by atoms with Gasteiger partial charge >= 0.3 is 6.18 Å². The van der Waals surface area contributed by atoms with Crippen LogP contribution < -0.4 is 5.32 Å². The molecule has 0 saturated carbocycles. The molecule has 2 aliphatic heterocycles. The van der Waals surface area contributed by atoms with Crippen molar-refractivity contribution in [3.63, 3.8) is 0 Å². The molecule has 2 aliphatic rings. The van der Waals surface area contributed by atoms with Crippen LogP contribution in [0.5, 0.6) is 0 Å². The number of amides is 1. The second-order valence-electron chi connectivity index (χ2n) is 7.54. The number of nitrogens with one attached hydrogen (secondary N) is 1. The van der Waals surface area contributed by atoms with Gasteiger partial charge in [0.05, 0.1) is 5.56 Å². The number of hydrogen-bond donors (Lipinski definition) is 1. The molecule has 1 unspecified atom stereocenters. The van der Waals surface area contributed by atoms with Crippen LogP contribution in [0, 0.1) is 5.41 Å². The Hall–Kier alpha value is -1.56. The van der Waals surface area contributed by atoms with Gasteiger partial charge in [-0.2, -0.15) is 13.2 Å². The number of halogens is 3. The first-order chi connectivity index (χ1) is 11.8. The highest BCUT2D eigenvalue weighted by atomic mass is 19.4. The molecular weight excluding hydrogens is 329 g/mol. The number of piperidine rings is 1. The van der Waals surface area contributed by atoms with Crippen LogP contribution in [0.1, 0.15) is 49.7 Å². The van der Waals surface area contributed by atoms with Gasteiger partial charge in [-0.1, -0.05) is 25.1 Å². The zero-order chi connectivity index (χ0) is 18.1. The van der Waals surface area contributed by atoms with Gasteiger partial charge in [-0.3, -0.25) is 4.79 Å². The van der Waals surface area contributed by atoms with Gasteiger partial charge in [0, 0.05) is 26.1 Å². The number of carbonyl (C=O) groups excluding carboxylic acids is 1. The van der Waals surface area contributed by atoms with Crippen molar-refractivity contribution in [2.45, 2.75) is 44.7 Å². The van der Waals surface area contributed by atoms with E-state index in [0.717, 1.165) is 51.2 Å². The maximum atomic E-state index is 12.8. The third kappa shape index (κ3) is 4.17. The largest absolute Gasteiger partial charge is 0.416 e. The second-order valence-corrected chi connectivity index (χ2v) is 7.54. The van der Waals surface area contributed by atoms with Crippen molar-refractivity contribution in [3.8, 4) is 0 Å². The molecule has 1 aromatic carbocycles. The Kier molecular flexibility index (Phi) is 5.09. The van der Waals surface area contributed by atoms with Gasteiger partial charge in [0.25, 0.3) is 0 Å². The lowest BCUT2D eigenvalue weighted by molar-refractivity contribution is -0.137. The molecular formula is C19H25F3N2O. The number of alkyl halides is 3. The number of benzene rings is 1. The standard InChI is InChI=1S/C19H25F3N2O/c1-14(15-3-2-4-16(12-15)19(20,21)22)11-17(25)24-9-6-18(7-10-24)5-8-23-13-18/h2-4,12,14,23H,5-11,13H2,1H3. The fourth-order valence-corrected chi connectivity index (χ4v) is 3.98. The van der Waals surface area contributed by atoms with Gasteiger partial charge < -0.3 is 10.2 Å². The Labute approximate surface area is 146 Å². The van der Waals surface area contributed by atoms with Gasteiger partial charge in [0.1, 0.15) is 0 Å². The maximum Gasteiger partial charge on any atom is 0.416 e. The topological polar surface area (TPSA) is 32.3 Å². The van der Waals surface area contributed by atoms with Gasteiger partial charge in [-0.05, 0) is 48.8 Å². The summed E-state index contributed by atoms with van der Waals surface area (Å²) in [4.78, 5) is 14.4. The molecule has 0 radical (unpaired) electrons. The van der Waals surface area contributed by atoms with Crippen molar-refractivity contribution in [2.75, 3.05) is 26.2 Å². The summed E-state index contributed by atoms with van der Waals surface area (Å²) in [6.07, 6.45) is -0.883. The zero-order valence-corrected chi connectivity index (χ0v) is 14.5. The van der Waals surface area contributed by atoms with Crippen LogP contribution in [0.3, 0.4) is 0 Å². The summed E-state index contributed by atoms with van der Waals surface area (Å²) in [7, 11) is 0. The number of nitrogens with zero attached hydrogens (tertiary/aromatic N) is 1. The quantitative estimate of drug-likeness (QED) is 0.895. The van der Waals surface area contributed by atoms with E-state index in [-0.39, 0.29) is 18.2 Å². The van der Waals surface area contributed by atoms with Crippen molar-refractivity contribution in [1.82, 2.24) is 10.2 Å². The van der Waals surface area contributed by atoms with E-state index in [2.05, 4.69) is 5.32 Å². The first kappa shape index (κ1) is 18.2. The van der Waals surface area contributed by atoms with Crippen LogP contribution in [0.4, 0.5) is 13.2 Å². The summed E-state index contributed by atoms with van der Waals surface area (Å²) in [5.74, 6) is -0.176. The van der Waals surface area contributed by atoms with E-state index in [1.165, 1.54) is 12.5 Å². The average molecular weight is 354 g/mol. The van der Waals surface area contributed by atoms with Crippen LogP contribution in [0.2, 0.25) is 0 Å². The Balaban J connectivity index is 1.58. The van der Waals surface area contributed by atoms with Crippen molar-refractivity contribution < 1.29 is 18.0 Å². The van der Waals surface area contributed by atoms with E-state index in [1.807, 2.05) is 11.8 Å². The molecule has 0 aromatic heterocycles. The van der Waals surface area contributed by atoms with Crippen molar-refractivity contribution >= 4 is 5.91 Å². The number of hydrogen-bond acceptors (Lipinski definition) is 2. The van der Waals surface area contributed by atoms with E-state index in [4.69, 9.17) is 0 Å². The molecule has 3 nitrogen and oxygen atoms in total. The van der Waals surface area contributed by atoms with Gasteiger partial charge in [0.2, 0.25) is 5.91 Å². The molecule has 0 aliphatic carbocycles. The average Bonchev–Trinajstić information content (AvgIpc) is 3.03. The SMILES string of the molecule is CC(CC(=O)N1CCC2(CCNC2)CC1)c1cccc(C(F)(F)F)c1. The van der Waals surface area contributed by atoms with Crippen LogP contribution in [0.25, 0.3) is 0 Å². The van der Waals surface area contributed by atoms with E-state index in [0.29, 0.717) is 11.0 Å². The molecule has 25 heavy (non-hydrogen) atoms. The van der Waals surface area contributed by atoms with Crippen LogP contribution >= 0.6 is 0 Å². The molecule has 2 saturated heterocycles. The lowest BCUT2D eigenvalue weighted by Crippen LogP contribution is -2.44. The monoisotopic (exact) mass is 354 g/mol. The Morgan fingerprint density at radius 2 is 2.00 bits per heavy atom. The lowest BCUT2D eigenvalue weighted by Gasteiger charge is -2.39. The fourth-order valence-electron chi connectivity index (χ4n) is 3.98. The number of carbonyl (C=O) groups is 1. The van der Waals surface area contributed by atoms with Crippen LogP contribution in [-0.2, 0) is 11.0 Å². The van der Waals surface area contributed by atoms with Crippen molar-refractivity contribution in [2.24, 2.45) is 5.41 Å². The minimum atomic E-state index is -4.35. The summed E-state index contributed by atoms with van der Waals surface area (Å²) in [5, 5.41) is 3.40. The van der Waals surface area contributed by atoms with Gasteiger partial charge in [0.15, 0.2) is 0 Å². The molecule has 1 atom stereocenters. The molecule has 6 heteroatoms. The molecule has 2 heterocycles. The summed E-state index contributed by atoms with van der Waals surface area (Å²) in [5.41, 5.74) is 0.262. The van der Waals surface area contributed by atoms with E-state index >= 15 is 0 Å². The highest BCUT2D eigenvalue weighted by molar-refractivity contribution is 5.77. The molecule has 1 spiro atoms.